The minimum atomic E-state index is -1.15. The lowest BCUT2D eigenvalue weighted by atomic mass is 9.78. The van der Waals surface area contributed by atoms with E-state index in [1.165, 1.54) is 6.08 Å². The van der Waals surface area contributed by atoms with Crippen LogP contribution in [0.25, 0.3) is 11.6 Å². The molecule has 0 radical (unpaired) electrons. The van der Waals surface area contributed by atoms with Gasteiger partial charge in [-0.05, 0) is 49.8 Å². The Morgan fingerprint density at radius 3 is 2.77 bits per heavy atom. The Morgan fingerprint density at radius 1 is 1.36 bits per heavy atom. The van der Waals surface area contributed by atoms with Crippen molar-refractivity contribution in [2.24, 2.45) is 5.92 Å². The van der Waals surface area contributed by atoms with Gasteiger partial charge in [0.05, 0.1) is 18.5 Å². The molecule has 1 fully saturated rings. The number of alkyl halides is 1. The van der Waals surface area contributed by atoms with Crippen LogP contribution in [0, 0.1) is 12.8 Å². The highest BCUT2D eigenvalue weighted by atomic mass is 19.1. The third-order valence-electron chi connectivity index (χ3n) is 7.80. The van der Waals surface area contributed by atoms with Gasteiger partial charge >= 0.3 is 0 Å². The van der Waals surface area contributed by atoms with Gasteiger partial charge < -0.3 is 30.9 Å². The largest absolute Gasteiger partial charge is 0.391 e. The molecule has 1 saturated carbocycles. The number of aryl methyl sites for hydroxylation is 1. The fraction of sp³-hybridized carbons (Fsp3) is 0.556. The SMILES string of the molecule is C=C(CO)C(=O)NCc1c(C)nc2c3c1[C@@H](NC(O)C1(OCNC(=O)CNC=O)CC1)CCC=3C(C)C(F)C=2. The van der Waals surface area contributed by atoms with Crippen molar-refractivity contribution in [1.82, 2.24) is 26.3 Å². The molecule has 11 nitrogen and oxygen atoms in total. The minimum absolute atomic E-state index is 0.0358. The highest BCUT2D eigenvalue weighted by molar-refractivity contribution is 5.92. The third kappa shape index (κ3) is 6.03. The average molecular weight is 546 g/mol. The van der Waals surface area contributed by atoms with E-state index in [9.17, 15) is 29.0 Å². The zero-order chi connectivity index (χ0) is 28.3. The lowest BCUT2D eigenvalue weighted by Crippen LogP contribution is -2.52. The van der Waals surface area contributed by atoms with E-state index in [4.69, 9.17) is 4.74 Å². The zero-order valence-corrected chi connectivity index (χ0v) is 22.2. The van der Waals surface area contributed by atoms with Gasteiger partial charge in [0.25, 0.3) is 0 Å². The first kappa shape index (κ1) is 28.8. The lowest BCUT2D eigenvalue weighted by molar-refractivity contribution is -0.127. The van der Waals surface area contributed by atoms with Crippen molar-refractivity contribution in [3.63, 3.8) is 0 Å². The first-order chi connectivity index (χ1) is 18.6. The Balaban J connectivity index is 1.60. The number of carbonyl (C=O) groups is 3. The van der Waals surface area contributed by atoms with Crippen molar-refractivity contribution in [1.29, 1.82) is 0 Å². The van der Waals surface area contributed by atoms with Gasteiger partial charge in [0.1, 0.15) is 24.7 Å². The van der Waals surface area contributed by atoms with Gasteiger partial charge in [-0.2, -0.15) is 0 Å². The molecule has 1 aromatic rings. The second-order valence-electron chi connectivity index (χ2n) is 10.3. The predicted octanol–water partition coefficient (Wildman–Crippen LogP) is -1.41. The number of carbonyl (C=O) groups excluding carboxylic acids is 3. The molecule has 1 heterocycles. The topological polar surface area (TPSA) is 162 Å². The number of pyridine rings is 1. The fourth-order valence-electron chi connectivity index (χ4n) is 5.32. The van der Waals surface area contributed by atoms with Crippen LogP contribution in [0.5, 0.6) is 0 Å². The smallest absolute Gasteiger partial charge is 0.249 e. The number of hydrogen-bond acceptors (Lipinski definition) is 8. The number of aliphatic hydroxyl groups is 2. The number of halogens is 1. The number of rotatable bonds is 13. The highest BCUT2D eigenvalue weighted by Gasteiger charge is 2.51. The molecule has 0 saturated heterocycles. The first-order valence-electron chi connectivity index (χ1n) is 13.1. The predicted molar refractivity (Wildman–Crippen MR) is 139 cm³/mol. The molecule has 4 rings (SSSR count). The van der Waals surface area contributed by atoms with Gasteiger partial charge in [-0.15, -0.1) is 0 Å². The molecule has 6 N–H and O–H groups in total. The van der Waals surface area contributed by atoms with Crippen LogP contribution in [-0.4, -0.2) is 71.3 Å². The molecule has 1 aromatic heterocycles. The van der Waals surface area contributed by atoms with Crippen molar-refractivity contribution in [2.75, 3.05) is 19.9 Å². The summed E-state index contributed by atoms with van der Waals surface area (Å²) < 4.78 is 20.7. The molecular weight excluding hydrogens is 509 g/mol. The van der Waals surface area contributed by atoms with Crippen LogP contribution in [0.15, 0.2) is 12.2 Å². The number of amides is 3. The molecule has 0 aliphatic heterocycles. The Kier molecular flexibility index (Phi) is 8.80. The summed E-state index contributed by atoms with van der Waals surface area (Å²) >= 11 is 0. The third-order valence-corrected chi connectivity index (χ3v) is 7.80. The monoisotopic (exact) mass is 545 g/mol. The van der Waals surface area contributed by atoms with Crippen molar-refractivity contribution >= 4 is 29.9 Å². The van der Waals surface area contributed by atoms with Crippen LogP contribution in [0.3, 0.4) is 0 Å². The minimum Gasteiger partial charge on any atom is -0.391 e. The second kappa shape index (κ2) is 11.9. The number of nitrogens with zero attached hydrogens (tertiary/aromatic N) is 1. The maximum atomic E-state index is 14.8. The Labute approximate surface area is 225 Å². The van der Waals surface area contributed by atoms with E-state index >= 15 is 0 Å². The molecule has 3 amide bonds. The molecule has 0 aromatic carbocycles. The molecule has 3 aliphatic rings. The summed E-state index contributed by atoms with van der Waals surface area (Å²) in [5.41, 5.74) is 2.36. The summed E-state index contributed by atoms with van der Waals surface area (Å²) in [6.07, 6.45) is 2.12. The molecule has 3 aliphatic carbocycles. The molecule has 0 bridgehead atoms. The van der Waals surface area contributed by atoms with Gasteiger partial charge in [-0.3, -0.25) is 24.7 Å². The molecule has 12 heteroatoms. The Bertz CT molecular complexity index is 1280. The van der Waals surface area contributed by atoms with Gasteiger partial charge in [-0.1, -0.05) is 19.1 Å². The van der Waals surface area contributed by atoms with Gasteiger partial charge in [0, 0.05) is 35.0 Å². The van der Waals surface area contributed by atoms with E-state index in [0.717, 1.165) is 21.9 Å². The number of aromatic nitrogens is 1. The van der Waals surface area contributed by atoms with Crippen LogP contribution in [-0.2, 0) is 25.7 Å². The number of nitrogens with one attached hydrogen (secondary N) is 4. The summed E-state index contributed by atoms with van der Waals surface area (Å²) in [6.45, 7) is 6.58. The average Bonchev–Trinajstić information content (AvgIpc) is 3.71. The highest BCUT2D eigenvalue weighted by Crippen LogP contribution is 2.43. The molecule has 212 valence electrons. The fourth-order valence-corrected chi connectivity index (χ4v) is 5.32. The zero-order valence-electron chi connectivity index (χ0n) is 22.2. The van der Waals surface area contributed by atoms with Crippen LogP contribution in [0.2, 0.25) is 0 Å². The van der Waals surface area contributed by atoms with Crippen LogP contribution in [0.4, 0.5) is 4.39 Å². The summed E-state index contributed by atoms with van der Waals surface area (Å²) in [5.74, 6) is -1.22. The van der Waals surface area contributed by atoms with Gasteiger partial charge in [-0.25, -0.2) is 4.39 Å². The normalized spacial score (nSPS) is 23.1. The second-order valence-corrected chi connectivity index (χ2v) is 10.3. The van der Waals surface area contributed by atoms with Crippen molar-refractivity contribution in [3.05, 3.63) is 39.5 Å². The Hall–Kier alpha value is -3.19. The summed E-state index contributed by atoms with van der Waals surface area (Å²) in [5, 5.41) is 32.8. The number of ether oxygens (including phenoxy) is 1. The molecule has 39 heavy (non-hydrogen) atoms. The number of hydrogen-bond donors (Lipinski definition) is 6. The quantitative estimate of drug-likeness (QED) is 0.100. The van der Waals surface area contributed by atoms with Crippen LogP contribution in [0.1, 0.15) is 55.5 Å². The summed E-state index contributed by atoms with van der Waals surface area (Å²) in [7, 11) is 0. The lowest BCUT2D eigenvalue weighted by Gasteiger charge is -2.36. The van der Waals surface area contributed by atoms with Crippen LogP contribution >= 0.6 is 0 Å². The van der Waals surface area contributed by atoms with Gasteiger partial charge in [0.2, 0.25) is 18.2 Å². The molecule has 0 spiro atoms. The molecule has 4 atom stereocenters. The van der Waals surface area contributed by atoms with E-state index < -0.39 is 36.4 Å². The van der Waals surface area contributed by atoms with Gasteiger partial charge in [0.15, 0.2) is 0 Å². The van der Waals surface area contributed by atoms with E-state index in [0.29, 0.717) is 43.1 Å². The first-order valence-corrected chi connectivity index (χ1v) is 13.1. The van der Waals surface area contributed by atoms with E-state index in [-0.39, 0.29) is 37.4 Å². The summed E-state index contributed by atoms with van der Waals surface area (Å²) in [4.78, 5) is 39.1. The van der Waals surface area contributed by atoms with E-state index in [2.05, 4.69) is 32.8 Å². The molecular formula is C27H36FN5O6. The number of aliphatic hydroxyl groups excluding tert-OH is 2. The van der Waals surface area contributed by atoms with Crippen molar-refractivity contribution in [2.45, 2.75) is 70.1 Å². The molecule has 3 unspecified atom stereocenters. The maximum absolute atomic E-state index is 14.8. The van der Waals surface area contributed by atoms with E-state index in [1.54, 1.807) is 6.92 Å². The maximum Gasteiger partial charge on any atom is 0.249 e. The Morgan fingerprint density at radius 2 is 2.10 bits per heavy atom. The van der Waals surface area contributed by atoms with Crippen molar-refractivity contribution in [3.8, 4) is 0 Å². The summed E-state index contributed by atoms with van der Waals surface area (Å²) in [6, 6.07) is -0.337. The van der Waals surface area contributed by atoms with Crippen molar-refractivity contribution < 1.29 is 33.7 Å². The van der Waals surface area contributed by atoms with Crippen LogP contribution < -0.4 is 31.8 Å². The standard InChI is InChI=1S/C27H36FN5O6/c1-14(11-34)25(37)30-9-18-16(3)32-21-8-19(28)15(2)17-4-5-20(24(18)23(17)21)33-26(38)27(6-7-27)39-13-31-22(36)10-29-12-35/h8,12,15,19-20,26,33-34,38H,1,4-7,9-11,13H2,2-3H3,(H,29,35)(H,30,37)(H,31,36)/t15?,19?,20-,26?/m0/s1. The van der Waals surface area contributed by atoms with E-state index in [1.807, 2.05) is 6.92 Å².